The maximum Gasteiger partial charge on any atom is 0.00631 e. The minimum atomic E-state index is 0.486. The van der Waals surface area contributed by atoms with Crippen molar-refractivity contribution in [2.24, 2.45) is 11.7 Å². The summed E-state index contributed by atoms with van der Waals surface area (Å²) < 4.78 is 0. The molecule has 0 bridgehead atoms. The van der Waals surface area contributed by atoms with Crippen molar-refractivity contribution in [3.63, 3.8) is 0 Å². The average molecular weight is 182 g/mol. The molecule has 13 heavy (non-hydrogen) atoms. The second kappa shape index (κ2) is 4.43. The minimum Gasteiger partial charge on any atom is -0.328 e. The zero-order valence-corrected chi connectivity index (χ0v) is 8.54. The Hall–Kier alpha value is -0.0800. The van der Waals surface area contributed by atoms with Gasteiger partial charge in [0.2, 0.25) is 0 Å². The van der Waals surface area contributed by atoms with Crippen LogP contribution in [0, 0.1) is 5.92 Å². The molecule has 0 aromatic carbocycles. The van der Waals surface area contributed by atoms with Crippen molar-refractivity contribution >= 4 is 0 Å². The van der Waals surface area contributed by atoms with Crippen LogP contribution in [0.2, 0.25) is 0 Å². The Morgan fingerprint density at radius 2 is 1.77 bits per heavy atom. The van der Waals surface area contributed by atoms with Gasteiger partial charge in [-0.1, -0.05) is 19.3 Å². The van der Waals surface area contributed by atoms with Gasteiger partial charge in [0.25, 0.3) is 0 Å². The zero-order valence-electron chi connectivity index (χ0n) is 8.54. The second-order valence-corrected chi connectivity index (χ2v) is 4.76. The predicted molar refractivity (Wildman–Crippen MR) is 55.6 cm³/mol. The van der Waals surface area contributed by atoms with E-state index in [0.717, 1.165) is 5.92 Å². The number of rotatable bonds is 3. The highest BCUT2D eigenvalue weighted by atomic mass is 15.1. The van der Waals surface area contributed by atoms with Gasteiger partial charge in [-0.3, -0.25) is 0 Å². The molecule has 2 rings (SSSR count). The summed E-state index contributed by atoms with van der Waals surface area (Å²) in [6, 6.07) is 0.486. The number of piperidine rings is 1. The topological polar surface area (TPSA) is 29.3 Å². The number of hydrogen-bond donors (Lipinski definition) is 1. The van der Waals surface area contributed by atoms with Crippen LogP contribution in [0.15, 0.2) is 0 Å². The molecule has 2 aliphatic rings. The molecular formula is C11H22N2. The third-order valence-corrected chi connectivity index (χ3v) is 3.71. The van der Waals surface area contributed by atoms with Crippen LogP contribution in [-0.4, -0.2) is 30.6 Å². The van der Waals surface area contributed by atoms with Crippen molar-refractivity contribution in [2.45, 2.75) is 44.6 Å². The molecule has 2 fully saturated rings. The first-order valence-electron chi connectivity index (χ1n) is 5.82. The van der Waals surface area contributed by atoms with E-state index in [0.29, 0.717) is 6.04 Å². The van der Waals surface area contributed by atoms with Gasteiger partial charge >= 0.3 is 0 Å². The molecule has 0 spiro atoms. The summed E-state index contributed by atoms with van der Waals surface area (Å²) in [7, 11) is 0. The van der Waals surface area contributed by atoms with E-state index in [-0.39, 0.29) is 0 Å². The number of nitrogens with zero attached hydrogens (tertiary/aromatic N) is 1. The standard InChI is InChI=1S/C11H22N2/c12-11-5-8-13(9-6-11)7-4-10-2-1-3-10/h10-11H,1-9,12H2. The number of likely N-dealkylation sites (tertiary alicyclic amines) is 1. The maximum absolute atomic E-state index is 5.86. The van der Waals surface area contributed by atoms with E-state index in [1.54, 1.807) is 0 Å². The van der Waals surface area contributed by atoms with Crippen molar-refractivity contribution in [1.82, 2.24) is 4.90 Å². The molecule has 0 amide bonds. The fourth-order valence-corrected chi connectivity index (χ4v) is 2.32. The Balaban J connectivity index is 1.59. The second-order valence-electron chi connectivity index (χ2n) is 4.76. The maximum atomic E-state index is 5.86. The van der Waals surface area contributed by atoms with Crippen LogP contribution in [0.4, 0.5) is 0 Å². The Kier molecular flexibility index (Phi) is 3.23. The molecule has 0 aromatic heterocycles. The first kappa shape index (κ1) is 9.47. The number of hydrogen-bond acceptors (Lipinski definition) is 2. The van der Waals surface area contributed by atoms with Crippen molar-refractivity contribution in [3.05, 3.63) is 0 Å². The van der Waals surface area contributed by atoms with E-state index in [2.05, 4.69) is 4.90 Å². The summed E-state index contributed by atoms with van der Waals surface area (Å²) in [5.41, 5.74) is 5.86. The van der Waals surface area contributed by atoms with Gasteiger partial charge in [0, 0.05) is 6.04 Å². The molecule has 0 atom stereocenters. The smallest absolute Gasteiger partial charge is 0.00631 e. The van der Waals surface area contributed by atoms with E-state index in [4.69, 9.17) is 5.73 Å². The van der Waals surface area contributed by atoms with Crippen LogP contribution in [0.25, 0.3) is 0 Å². The van der Waals surface area contributed by atoms with Gasteiger partial charge in [-0.05, 0) is 44.8 Å². The lowest BCUT2D eigenvalue weighted by Crippen LogP contribution is -2.40. The summed E-state index contributed by atoms with van der Waals surface area (Å²) >= 11 is 0. The summed E-state index contributed by atoms with van der Waals surface area (Å²) in [6.45, 7) is 3.82. The van der Waals surface area contributed by atoms with Crippen molar-refractivity contribution in [1.29, 1.82) is 0 Å². The molecule has 1 saturated carbocycles. The normalized spacial score (nSPS) is 27.5. The Morgan fingerprint density at radius 3 is 2.31 bits per heavy atom. The summed E-state index contributed by atoms with van der Waals surface area (Å²) in [6.07, 6.45) is 8.33. The molecule has 1 saturated heterocycles. The van der Waals surface area contributed by atoms with Gasteiger partial charge < -0.3 is 10.6 Å². The molecule has 1 heterocycles. The lowest BCUT2D eigenvalue weighted by molar-refractivity contribution is 0.179. The molecule has 1 aliphatic carbocycles. The van der Waals surface area contributed by atoms with Crippen LogP contribution >= 0.6 is 0 Å². The van der Waals surface area contributed by atoms with Crippen molar-refractivity contribution in [3.8, 4) is 0 Å². The Morgan fingerprint density at radius 1 is 1.08 bits per heavy atom. The monoisotopic (exact) mass is 182 g/mol. The van der Waals surface area contributed by atoms with Crippen molar-refractivity contribution in [2.75, 3.05) is 19.6 Å². The first-order valence-corrected chi connectivity index (χ1v) is 5.82. The van der Waals surface area contributed by atoms with Gasteiger partial charge in [-0.2, -0.15) is 0 Å². The highest BCUT2D eigenvalue weighted by Crippen LogP contribution is 2.29. The van der Waals surface area contributed by atoms with E-state index in [9.17, 15) is 0 Å². The van der Waals surface area contributed by atoms with E-state index >= 15 is 0 Å². The molecular weight excluding hydrogens is 160 g/mol. The fourth-order valence-electron chi connectivity index (χ4n) is 2.32. The summed E-state index contributed by atoms with van der Waals surface area (Å²) in [5, 5.41) is 0. The van der Waals surface area contributed by atoms with Gasteiger partial charge in [0.05, 0.1) is 0 Å². The van der Waals surface area contributed by atoms with Crippen LogP contribution < -0.4 is 5.73 Å². The highest BCUT2D eigenvalue weighted by molar-refractivity contribution is 4.76. The van der Waals surface area contributed by atoms with E-state index in [1.807, 2.05) is 0 Å². The Labute approximate surface area is 81.5 Å². The third kappa shape index (κ3) is 2.68. The summed E-state index contributed by atoms with van der Waals surface area (Å²) in [4.78, 5) is 2.60. The Bertz CT molecular complexity index is 146. The van der Waals surface area contributed by atoms with Crippen LogP contribution in [0.1, 0.15) is 38.5 Å². The SMILES string of the molecule is NC1CCN(CCC2CCC2)CC1. The average Bonchev–Trinajstić information content (AvgIpc) is 2.05. The molecule has 0 aromatic rings. The van der Waals surface area contributed by atoms with Gasteiger partial charge in [0.1, 0.15) is 0 Å². The molecule has 0 unspecified atom stereocenters. The van der Waals surface area contributed by atoms with Crippen molar-refractivity contribution < 1.29 is 0 Å². The minimum absolute atomic E-state index is 0.486. The quantitative estimate of drug-likeness (QED) is 0.718. The third-order valence-electron chi connectivity index (χ3n) is 3.71. The highest BCUT2D eigenvalue weighted by Gasteiger charge is 2.20. The van der Waals surface area contributed by atoms with Crippen LogP contribution in [0.3, 0.4) is 0 Å². The number of nitrogens with two attached hydrogens (primary N) is 1. The first-order chi connectivity index (χ1) is 6.34. The molecule has 0 radical (unpaired) electrons. The fraction of sp³-hybridized carbons (Fsp3) is 1.00. The van der Waals surface area contributed by atoms with Gasteiger partial charge in [0.15, 0.2) is 0 Å². The van der Waals surface area contributed by atoms with Gasteiger partial charge in [-0.15, -0.1) is 0 Å². The molecule has 2 N–H and O–H groups in total. The molecule has 2 heteroatoms. The molecule has 2 nitrogen and oxygen atoms in total. The molecule has 1 aliphatic heterocycles. The van der Waals surface area contributed by atoms with Gasteiger partial charge in [-0.25, -0.2) is 0 Å². The molecule has 76 valence electrons. The summed E-state index contributed by atoms with van der Waals surface area (Å²) in [5.74, 6) is 1.07. The lowest BCUT2D eigenvalue weighted by Gasteiger charge is -2.33. The zero-order chi connectivity index (χ0) is 9.10. The predicted octanol–water partition coefficient (Wildman–Crippen LogP) is 1.60. The van der Waals surface area contributed by atoms with E-state index < -0.39 is 0 Å². The lowest BCUT2D eigenvalue weighted by atomic mass is 9.83. The van der Waals surface area contributed by atoms with E-state index in [1.165, 1.54) is 58.2 Å². The largest absolute Gasteiger partial charge is 0.328 e. The van der Waals surface area contributed by atoms with Crippen LogP contribution in [0.5, 0.6) is 0 Å². The van der Waals surface area contributed by atoms with Crippen LogP contribution in [-0.2, 0) is 0 Å².